The van der Waals surface area contributed by atoms with Crippen molar-refractivity contribution in [2.45, 2.75) is 24.8 Å². The molecule has 6 heteroatoms. The SMILES string of the molecule is N#Cc1ccc2c(c1)c1ccc(-c3cccc4c3sc3ccccc34)cc1n2C1C=CC(C2=NC(c3ccccc3)[N-]C(c3ccccc3)N2)=CC1. The Balaban J connectivity index is 1.06. The number of hydrogen-bond donors (Lipinski definition) is 1. The van der Waals surface area contributed by atoms with Gasteiger partial charge in [0.15, 0.2) is 0 Å². The molecular weight excluding hydrogens is 655 g/mol. The molecule has 8 aromatic rings. The van der Waals surface area contributed by atoms with E-state index in [0.717, 1.165) is 50.8 Å². The lowest BCUT2D eigenvalue weighted by Crippen LogP contribution is -2.34. The average molecular weight is 687 g/mol. The summed E-state index contributed by atoms with van der Waals surface area (Å²) in [6.45, 7) is 0. The zero-order chi connectivity index (χ0) is 34.6. The topological polar surface area (TPSA) is 67.2 Å². The molecule has 5 nitrogen and oxygen atoms in total. The van der Waals surface area contributed by atoms with E-state index in [4.69, 9.17) is 10.3 Å². The Hall–Kier alpha value is -6.26. The van der Waals surface area contributed by atoms with E-state index in [1.165, 1.54) is 31.3 Å². The van der Waals surface area contributed by atoms with Crippen LogP contribution in [0, 0.1) is 11.3 Å². The van der Waals surface area contributed by atoms with Gasteiger partial charge in [0, 0.05) is 42.0 Å². The molecule has 52 heavy (non-hydrogen) atoms. The lowest BCUT2D eigenvalue weighted by atomic mass is 9.99. The van der Waals surface area contributed by atoms with E-state index < -0.39 is 0 Å². The molecule has 0 radical (unpaired) electrons. The van der Waals surface area contributed by atoms with Gasteiger partial charge < -0.3 is 15.2 Å². The minimum Gasteiger partial charge on any atom is -0.613 e. The monoisotopic (exact) mass is 686 g/mol. The van der Waals surface area contributed by atoms with Gasteiger partial charge in [-0.05, 0) is 71.3 Å². The van der Waals surface area contributed by atoms with Gasteiger partial charge in [-0.15, -0.1) is 11.3 Å². The van der Waals surface area contributed by atoms with Crippen LogP contribution in [-0.2, 0) is 0 Å². The van der Waals surface area contributed by atoms with Gasteiger partial charge in [-0.3, -0.25) is 4.99 Å². The number of hydrogen-bond acceptors (Lipinski definition) is 4. The van der Waals surface area contributed by atoms with Gasteiger partial charge in [-0.1, -0.05) is 127 Å². The fourth-order valence-electron chi connectivity index (χ4n) is 7.84. The van der Waals surface area contributed by atoms with Crippen molar-refractivity contribution in [3.8, 4) is 17.2 Å². The molecule has 3 atom stereocenters. The van der Waals surface area contributed by atoms with Gasteiger partial charge in [-0.2, -0.15) is 5.26 Å². The van der Waals surface area contributed by atoms with Crippen molar-refractivity contribution in [1.82, 2.24) is 9.88 Å². The lowest BCUT2D eigenvalue weighted by molar-refractivity contribution is 0.625. The number of nitriles is 1. The van der Waals surface area contributed by atoms with Crippen LogP contribution in [0.4, 0.5) is 0 Å². The molecule has 1 aliphatic carbocycles. The third-order valence-corrected chi connectivity index (χ3v) is 11.6. The number of amidine groups is 1. The number of aromatic nitrogens is 1. The summed E-state index contributed by atoms with van der Waals surface area (Å²) >= 11 is 1.86. The molecule has 2 aromatic heterocycles. The van der Waals surface area contributed by atoms with Crippen LogP contribution in [0.25, 0.3) is 58.4 Å². The third-order valence-electron chi connectivity index (χ3n) is 10.4. The van der Waals surface area contributed by atoms with Crippen molar-refractivity contribution in [3.63, 3.8) is 0 Å². The Morgan fingerprint density at radius 1 is 0.731 bits per heavy atom. The van der Waals surface area contributed by atoms with E-state index >= 15 is 0 Å². The highest BCUT2D eigenvalue weighted by atomic mass is 32.1. The molecule has 1 aliphatic heterocycles. The van der Waals surface area contributed by atoms with Crippen LogP contribution >= 0.6 is 11.3 Å². The van der Waals surface area contributed by atoms with Crippen molar-refractivity contribution >= 4 is 59.2 Å². The van der Waals surface area contributed by atoms with Crippen molar-refractivity contribution in [1.29, 1.82) is 5.26 Å². The zero-order valence-electron chi connectivity index (χ0n) is 28.1. The van der Waals surface area contributed by atoms with Gasteiger partial charge in [-0.25, -0.2) is 0 Å². The van der Waals surface area contributed by atoms with Crippen molar-refractivity contribution in [2.24, 2.45) is 4.99 Å². The highest BCUT2D eigenvalue weighted by Crippen LogP contribution is 2.43. The minimum absolute atomic E-state index is 0.0794. The molecule has 6 aromatic carbocycles. The molecule has 2 aliphatic rings. The van der Waals surface area contributed by atoms with Crippen LogP contribution in [-0.4, -0.2) is 10.4 Å². The van der Waals surface area contributed by atoms with Crippen LogP contribution in [0.15, 0.2) is 168 Å². The second-order valence-electron chi connectivity index (χ2n) is 13.4. The van der Waals surface area contributed by atoms with Crippen molar-refractivity contribution < 1.29 is 0 Å². The molecular formula is C46H32N5S-. The summed E-state index contributed by atoms with van der Waals surface area (Å²) in [6.07, 6.45) is 7.10. The van der Waals surface area contributed by atoms with Crippen LogP contribution in [0.2, 0.25) is 0 Å². The normalized spacial score (nSPS) is 18.7. The summed E-state index contributed by atoms with van der Waals surface area (Å²) in [5.41, 5.74) is 8.63. The molecule has 0 bridgehead atoms. The van der Waals surface area contributed by atoms with E-state index in [1.54, 1.807) is 0 Å². The highest BCUT2D eigenvalue weighted by molar-refractivity contribution is 7.26. The first kappa shape index (κ1) is 30.6. The fourth-order valence-corrected chi connectivity index (χ4v) is 9.08. The van der Waals surface area contributed by atoms with Crippen LogP contribution in [0.5, 0.6) is 0 Å². The zero-order valence-corrected chi connectivity index (χ0v) is 29.0. The Kier molecular flexibility index (Phi) is 7.35. The van der Waals surface area contributed by atoms with Gasteiger partial charge in [0.05, 0.1) is 23.2 Å². The fraction of sp³-hybridized carbons (Fsp3) is 0.0870. The first-order chi connectivity index (χ1) is 25.7. The summed E-state index contributed by atoms with van der Waals surface area (Å²) in [5, 5.41) is 23.4. The lowest BCUT2D eigenvalue weighted by Gasteiger charge is -2.44. The minimum atomic E-state index is -0.301. The van der Waals surface area contributed by atoms with Crippen molar-refractivity contribution in [2.75, 3.05) is 0 Å². The second kappa shape index (κ2) is 12.5. The average Bonchev–Trinajstić information content (AvgIpc) is 3.76. The first-order valence-corrected chi connectivity index (χ1v) is 18.4. The van der Waals surface area contributed by atoms with Gasteiger partial charge in [0.1, 0.15) is 5.84 Å². The molecule has 1 N–H and O–H groups in total. The van der Waals surface area contributed by atoms with Crippen LogP contribution in [0.1, 0.15) is 41.5 Å². The predicted octanol–water partition coefficient (Wildman–Crippen LogP) is 11.9. The highest BCUT2D eigenvalue weighted by Gasteiger charge is 2.23. The molecule has 0 saturated carbocycles. The number of fused-ring (bicyclic) bond motifs is 6. The molecule has 0 amide bonds. The number of aliphatic imine (C=N–C) groups is 1. The van der Waals surface area contributed by atoms with Crippen LogP contribution in [0.3, 0.4) is 0 Å². The molecule has 3 unspecified atom stereocenters. The predicted molar refractivity (Wildman–Crippen MR) is 216 cm³/mol. The maximum atomic E-state index is 9.82. The summed E-state index contributed by atoms with van der Waals surface area (Å²) in [6, 6.07) is 51.3. The number of benzene rings is 6. The Bertz CT molecular complexity index is 2800. The van der Waals surface area contributed by atoms with Crippen molar-refractivity contribution in [3.05, 3.63) is 185 Å². The number of nitrogens with one attached hydrogen (secondary N) is 1. The molecule has 0 spiro atoms. The Morgan fingerprint density at radius 2 is 1.52 bits per heavy atom. The number of nitrogens with zero attached hydrogens (tertiary/aromatic N) is 4. The van der Waals surface area contributed by atoms with Gasteiger partial charge in [0.2, 0.25) is 0 Å². The second-order valence-corrected chi connectivity index (χ2v) is 14.5. The summed E-state index contributed by atoms with van der Waals surface area (Å²) in [4.78, 5) is 5.13. The Labute approximate surface area is 305 Å². The standard InChI is InChI=1S/C46H32N5S/c47-28-29-18-25-40-39(26-29)36-24-21-33(35-15-9-16-38-37-14-7-8-17-42(37)52-43(35)38)27-41(36)51(40)34-22-19-32(20-23-34)46-49-44(30-10-3-1-4-11-30)48-45(50-46)31-12-5-2-6-13-31/h1-22,24-27,34,44-45H,23H2,(H,49,50)/q-1. The number of rotatable bonds is 5. The largest absolute Gasteiger partial charge is 0.613 e. The summed E-state index contributed by atoms with van der Waals surface area (Å²) in [7, 11) is 0. The van der Waals surface area contributed by atoms with E-state index in [1.807, 2.05) is 47.7 Å². The summed E-state index contributed by atoms with van der Waals surface area (Å²) < 4.78 is 5.06. The van der Waals surface area contributed by atoms with E-state index in [-0.39, 0.29) is 18.4 Å². The quantitative estimate of drug-likeness (QED) is 0.196. The molecule has 248 valence electrons. The van der Waals surface area contributed by atoms with E-state index in [2.05, 4.69) is 137 Å². The van der Waals surface area contributed by atoms with E-state index in [0.29, 0.717) is 5.56 Å². The molecule has 0 saturated heterocycles. The molecule has 10 rings (SSSR count). The molecule has 3 heterocycles. The third kappa shape index (κ3) is 5.13. The smallest absolute Gasteiger partial charge is 0.125 e. The number of allylic oxidation sites excluding steroid dienone is 2. The Morgan fingerprint density at radius 3 is 2.33 bits per heavy atom. The van der Waals surface area contributed by atoms with E-state index in [9.17, 15) is 5.26 Å². The maximum absolute atomic E-state index is 9.82. The van der Waals surface area contributed by atoms with Gasteiger partial charge in [0.25, 0.3) is 0 Å². The molecule has 0 fully saturated rings. The number of thiophene rings is 1. The van der Waals surface area contributed by atoms with Crippen LogP contribution < -0.4 is 5.32 Å². The summed E-state index contributed by atoms with van der Waals surface area (Å²) in [5.74, 6) is 0.854. The first-order valence-electron chi connectivity index (χ1n) is 17.6. The van der Waals surface area contributed by atoms with Gasteiger partial charge >= 0.3 is 0 Å². The maximum Gasteiger partial charge on any atom is 0.125 e.